The number of terminal acetylenes is 1. The standard InChI is InChI=1S/C23H27F2N9O2S.C2H2/c1-12(32(3)20(35)19-29-30-22(37-19)33-8-7-23(2,36)11-33)5-4-6-16-27-18-14-9-13(24)10-15(25)17(14)28-21(26)34(18)31-16;1-2/h9-10,12,36H,4-8,11H2,1-3H3,(H2,26,28);1-2H/t12-,23?;/m0./s1. The zero-order valence-corrected chi connectivity index (χ0v) is 22.6. The van der Waals surface area contributed by atoms with Gasteiger partial charge in [-0.2, -0.15) is 4.52 Å². The Kier molecular flexibility index (Phi) is 7.94. The molecule has 0 spiro atoms. The van der Waals surface area contributed by atoms with Gasteiger partial charge in [0.25, 0.3) is 5.91 Å². The smallest absolute Gasteiger partial charge is 0.284 e. The van der Waals surface area contributed by atoms with Gasteiger partial charge in [-0.05, 0) is 39.2 Å². The number of hydrogen-bond acceptors (Lipinski definition) is 10. The maximum Gasteiger partial charge on any atom is 0.284 e. The SMILES string of the molecule is C#C.C[C@@H](CCCc1nc2c3cc(F)cc(F)c3nc(N)n2n1)N(C)C(=O)c1nnc(N2CCC(C)(O)C2)s1. The van der Waals surface area contributed by atoms with Gasteiger partial charge in [0.2, 0.25) is 16.1 Å². The summed E-state index contributed by atoms with van der Waals surface area (Å²) in [6, 6.07) is 1.81. The van der Waals surface area contributed by atoms with E-state index in [1.807, 2.05) is 11.8 Å². The van der Waals surface area contributed by atoms with Crippen molar-refractivity contribution < 1.29 is 18.7 Å². The molecule has 0 saturated carbocycles. The summed E-state index contributed by atoms with van der Waals surface area (Å²) in [6.45, 7) is 4.85. The van der Waals surface area contributed by atoms with Crippen LogP contribution in [0, 0.1) is 24.5 Å². The molecule has 3 N–H and O–H groups in total. The van der Waals surface area contributed by atoms with Crippen molar-refractivity contribution in [2.45, 2.75) is 51.2 Å². The van der Waals surface area contributed by atoms with Crippen molar-refractivity contribution >= 4 is 44.9 Å². The van der Waals surface area contributed by atoms with Gasteiger partial charge in [0.05, 0.1) is 11.0 Å². The van der Waals surface area contributed by atoms with E-state index in [1.54, 1.807) is 18.9 Å². The van der Waals surface area contributed by atoms with Gasteiger partial charge >= 0.3 is 0 Å². The summed E-state index contributed by atoms with van der Waals surface area (Å²) < 4.78 is 29.2. The number of rotatable bonds is 7. The van der Waals surface area contributed by atoms with Crippen molar-refractivity contribution in [3.05, 3.63) is 34.6 Å². The lowest BCUT2D eigenvalue weighted by atomic mass is 10.1. The molecule has 39 heavy (non-hydrogen) atoms. The quantitative estimate of drug-likeness (QED) is 0.328. The first kappa shape index (κ1) is 28.1. The lowest BCUT2D eigenvalue weighted by Gasteiger charge is -2.23. The van der Waals surface area contributed by atoms with Crippen LogP contribution in [0.25, 0.3) is 16.6 Å². The minimum Gasteiger partial charge on any atom is -0.388 e. The molecule has 0 bridgehead atoms. The number of nitrogen functional groups attached to an aromatic ring is 1. The number of carbonyl (C=O) groups excluding carboxylic acids is 1. The normalized spacial score (nSPS) is 17.8. The molecular weight excluding hydrogens is 528 g/mol. The van der Waals surface area contributed by atoms with E-state index in [2.05, 4.69) is 38.1 Å². The number of nitrogens with zero attached hydrogens (tertiary/aromatic N) is 8. The third-order valence-corrected chi connectivity index (χ3v) is 7.66. The summed E-state index contributed by atoms with van der Waals surface area (Å²) in [5, 5.41) is 23.9. The minimum atomic E-state index is -0.815. The van der Waals surface area contributed by atoms with Crippen molar-refractivity contribution in [1.82, 2.24) is 34.7 Å². The number of halogens is 2. The second-order valence-electron chi connectivity index (χ2n) is 9.73. The van der Waals surface area contributed by atoms with Crippen LogP contribution in [0.4, 0.5) is 19.9 Å². The summed E-state index contributed by atoms with van der Waals surface area (Å²) in [5.41, 5.74) is 5.33. The van der Waals surface area contributed by atoms with Crippen LogP contribution in [0.3, 0.4) is 0 Å². The van der Waals surface area contributed by atoms with Crippen LogP contribution in [0.15, 0.2) is 12.1 Å². The molecule has 11 nitrogen and oxygen atoms in total. The molecule has 1 unspecified atom stereocenters. The largest absolute Gasteiger partial charge is 0.388 e. The van der Waals surface area contributed by atoms with Crippen molar-refractivity contribution in [1.29, 1.82) is 0 Å². The first-order valence-corrected chi connectivity index (χ1v) is 13.1. The van der Waals surface area contributed by atoms with E-state index in [9.17, 15) is 18.7 Å². The Morgan fingerprint density at radius 2 is 2.05 bits per heavy atom. The van der Waals surface area contributed by atoms with Gasteiger partial charge in [0.15, 0.2) is 17.3 Å². The summed E-state index contributed by atoms with van der Waals surface area (Å²) in [5.74, 6) is -1.35. The fraction of sp³-hybridized carbons (Fsp3) is 0.440. The van der Waals surface area contributed by atoms with Crippen LogP contribution >= 0.6 is 11.3 Å². The maximum atomic E-state index is 14.2. The van der Waals surface area contributed by atoms with Crippen molar-refractivity contribution in [2.75, 3.05) is 30.8 Å². The molecule has 0 radical (unpaired) electrons. The van der Waals surface area contributed by atoms with Crippen molar-refractivity contribution in [2.24, 2.45) is 0 Å². The Morgan fingerprint density at radius 1 is 1.31 bits per heavy atom. The number of aryl methyl sites for hydroxylation is 1. The van der Waals surface area contributed by atoms with E-state index in [1.165, 1.54) is 15.9 Å². The highest BCUT2D eigenvalue weighted by Gasteiger charge is 2.33. The lowest BCUT2D eigenvalue weighted by molar-refractivity contribution is 0.0734. The molecule has 1 amide bonds. The van der Waals surface area contributed by atoms with Crippen molar-refractivity contribution in [3.63, 3.8) is 0 Å². The highest BCUT2D eigenvalue weighted by Crippen LogP contribution is 2.29. The molecule has 1 aromatic carbocycles. The number of benzene rings is 1. The fourth-order valence-electron chi connectivity index (χ4n) is 4.45. The molecule has 1 fully saturated rings. The molecule has 14 heteroatoms. The Labute approximate surface area is 227 Å². The van der Waals surface area contributed by atoms with Gasteiger partial charge < -0.3 is 20.6 Å². The summed E-state index contributed by atoms with van der Waals surface area (Å²) in [7, 11) is 1.72. The van der Waals surface area contributed by atoms with Crippen LogP contribution in [0.2, 0.25) is 0 Å². The molecule has 4 aromatic rings. The summed E-state index contributed by atoms with van der Waals surface area (Å²) in [4.78, 5) is 25.0. The Bertz CT molecular complexity index is 1530. The number of carbonyl (C=O) groups is 1. The van der Waals surface area contributed by atoms with Gasteiger partial charge in [-0.25, -0.2) is 18.7 Å². The molecule has 2 atom stereocenters. The van der Waals surface area contributed by atoms with Gasteiger partial charge in [-0.15, -0.1) is 28.1 Å². The first-order valence-electron chi connectivity index (χ1n) is 12.2. The number of hydrogen-bond donors (Lipinski definition) is 2. The molecule has 5 rings (SSSR count). The number of aliphatic hydroxyl groups is 1. The number of nitrogens with two attached hydrogens (primary N) is 1. The molecule has 1 aliphatic heterocycles. The lowest BCUT2D eigenvalue weighted by Crippen LogP contribution is -2.35. The number of β-amino-alcohol motifs (C(OH)–C–C–N with tert-alkyl or cyclic N) is 1. The van der Waals surface area contributed by atoms with Crippen LogP contribution < -0.4 is 10.6 Å². The third kappa shape index (κ3) is 5.74. The van der Waals surface area contributed by atoms with Crippen LogP contribution in [-0.2, 0) is 6.42 Å². The molecular formula is C25H29F2N9O2S. The Hall–Kier alpha value is -3.96. The number of aromatic nitrogens is 6. The van der Waals surface area contributed by atoms with Crippen molar-refractivity contribution in [3.8, 4) is 12.8 Å². The molecule has 1 aliphatic rings. The molecule has 1 saturated heterocycles. The zero-order valence-electron chi connectivity index (χ0n) is 21.8. The second-order valence-corrected chi connectivity index (χ2v) is 10.7. The van der Waals surface area contributed by atoms with Crippen LogP contribution in [-0.4, -0.2) is 77.5 Å². The maximum absolute atomic E-state index is 14.2. The molecule has 4 heterocycles. The first-order chi connectivity index (χ1) is 18.5. The molecule has 0 aliphatic carbocycles. The van der Waals surface area contributed by atoms with Crippen LogP contribution in [0.1, 0.15) is 48.7 Å². The summed E-state index contributed by atoms with van der Waals surface area (Å²) >= 11 is 1.22. The predicted octanol–water partition coefficient (Wildman–Crippen LogP) is 2.68. The Balaban J connectivity index is 0.00000172. The Morgan fingerprint density at radius 3 is 2.74 bits per heavy atom. The van der Waals surface area contributed by atoms with Gasteiger partial charge in [-0.1, -0.05) is 11.3 Å². The molecule has 3 aromatic heterocycles. The highest BCUT2D eigenvalue weighted by atomic mass is 32.1. The van der Waals surface area contributed by atoms with Gasteiger partial charge in [-0.3, -0.25) is 4.79 Å². The summed E-state index contributed by atoms with van der Waals surface area (Å²) in [6.07, 6.45) is 10.4. The second kappa shape index (κ2) is 11.0. The van der Waals surface area contributed by atoms with E-state index < -0.39 is 17.2 Å². The van der Waals surface area contributed by atoms with Gasteiger partial charge in [0.1, 0.15) is 11.3 Å². The van der Waals surface area contributed by atoms with E-state index in [-0.39, 0.29) is 34.4 Å². The number of anilines is 2. The average molecular weight is 558 g/mol. The third-order valence-electron chi connectivity index (χ3n) is 6.69. The van der Waals surface area contributed by atoms with E-state index >= 15 is 0 Å². The highest BCUT2D eigenvalue weighted by molar-refractivity contribution is 7.17. The monoisotopic (exact) mass is 557 g/mol. The topological polar surface area (TPSA) is 139 Å². The van der Waals surface area contributed by atoms with Gasteiger partial charge in [0, 0.05) is 38.7 Å². The molecule has 206 valence electrons. The minimum absolute atomic E-state index is 0.0422. The van der Waals surface area contributed by atoms with E-state index in [0.717, 1.165) is 12.1 Å². The number of fused-ring (bicyclic) bond motifs is 3. The number of amides is 1. The van der Waals surface area contributed by atoms with Crippen LogP contribution in [0.5, 0.6) is 0 Å². The van der Waals surface area contributed by atoms with E-state index in [0.29, 0.717) is 54.7 Å². The fourth-order valence-corrected chi connectivity index (χ4v) is 5.30. The zero-order chi connectivity index (χ0) is 28.5. The average Bonchev–Trinajstić information content (AvgIpc) is 3.63. The predicted molar refractivity (Wildman–Crippen MR) is 144 cm³/mol. The van der Waals surface area contributed by atoms with E-state index in [4.69, 9.17) is 5.73 Å².